The van der Waals surface area contributed by atoms with E-state index in [0.29, 0.717) is 40.6 Å². The molecule has 0 spiro atoms. The summed E-state index contributed by atoms with van der Waals surface area (Å²) < 4.78 is 23.0. The average Bonchev–Trinajstić information content (AvgIpc) is 2.86. The van der Waals surface area contributed by atoms with E-state index in [4.69, 9.17) is 18.9 Å². The summed E-state index contributed by atoms with van der Waals surface area (Å²) in [5.74, 6) is 2.43. The van der Waals surface area contributed by atoms with Crippen LogP contribution in [0, 0.1) is 10.1 Å². The maximum Gasteiger partial charge on any atom is 0.269 e. The van der Waals surface area contributed by atoms with Gasteiger partial charge in [-0.1, -0.05) is 6.07 Å². The van der Waals surface area contributed by atoms with Crippen molar-refractivity contribution < 1.29 is 23.9 Å². The van der Waals surface area contributed by atoms with Crippen molar-refractivity contribution in [1.82, 2.24) is 5.43 Å². The van der Waals surface area contributed by atoms with E-state index in [-0.39, 0.29) is 12.3 Å². The minimum absolute atomic E-state index is 0.0355. The molecule has 0 radical (unpaired) electrons. The Bertz CT molecular complexity index is 1180. The summed E-state index contributed by atoms with van der Waals surface area (Å²) in [5.41, 5.74) is 5.66. The van der Waals surface area contributed by atoms with Gasteiger partial charge < -0.3 is 24.4 Å². The van der Waals surface area contributed by atoms with Crippen LogP contribution < -0.4 is 24.4 Å². The zero-order valence-corrected chi connectivity index (χ0v) is 21.2. The summed E-state index contributed by atoms with van der Waals surface area (Å²) in [5, 5.41) is 15.1. The molecule has 0 aliphatic carbocycles. The lowest BCUT2D eigenvalue weighted by Crippen LogP contribution is -2.06. The monoisotopic (exact) mass is 543 g/mol. The molecule has 0 aliphatic rings. The van der Waals surface area contributed by atoms with E-state index >= 15 is 0 Å². The zero-order valence-electron chi connectivity index (χ0n) is 19.6. The van der Waals surface area contributed by atoms with E-state index < -0.39 is 4.92 Å². The second-order valence-corrected chi connectivity index (χ2v) is 8.11. The molecule has 184 valence electrons. The fourth-order valence-corrected chi connectivity index (χ4v) is 3.76. The Labute approximate surface area is 211 Å². The molecule has 35 heavy (non-hydrogen) atoms. The van der Waals surface area contributed by atoms with Crippen LogP contribution in [0.3, 0.4) is 0 Å². The number of rotatable bonds is 12. The van der Waals surface area contributed by atoms with Gasteiger partial charge in [0, 0.05) is 12.1 Å². The first-order valence-corrected chi connectivity index (χ1v) is 11.5. The van der Waals surface area contributed by atoms with Crippen molar-refractivity contribution in [2.45, 2.75) is 20.1 Å². The van der Waals surface area contributed by atoms with Crippen LogP contribution in [0.15, 0.2) is 64.2 Å². The Hall–Kier alpha value is -3.79. The first kappa shape index (κ1) is 25.8. The molecule has 0 aliphatic heterocycles. The number of nitro benzene ring substituents is 1. The van der Waals surface area contributed by atoms with E-state index in [9.17, 15) is 10.1 Å². The Kier molecular flexibility index (Phi) is 9.31. The van der Waals surface area contributed by atoms with E-state index in [1.54, 1.807) is 32.6 Å². The van der Waals surface area contributed by atoms with E-state index in [0.717, 1.165) is 16.7 Å². The van der Waals surface area contributed by atoms with Gasteiger partial charge >= 0.3 is 0 Å². The molecule has 3 rings (SSSR count). The quantitative estimate of drug-likeness (QED) is 0.183. The van der Waals surface area contributed by atoms with Crippen molar-refractivity contribution in [3.8, 4) is 23.0 Å². The molecule has 9 nitrogen and oxygen atoms in total. The molecule has 3 aromatic rings. The van der Waals surface area contributed by atoms with Crippen LogP contribution >= 0.6 is 15.9 Å². The van der Waals surface area contributed by atoms with Gasteiger partial charge in [-0.25, -0.2) is 0 Å². The first-order valence-electron chi connectivity index (χ1n) is 10.7. The Morgan fingerprint density at radius 2 is 1.69 bits per heavy atom. The van der Waals surface area contributed by atoms with Crippen LogP contribution in [0.4, 0.5) is 5.69 Å². The third kappa shape index (κ3) is 7.10. The molecule has 0 amide bonds. The standard InChI is InChI=1S/C25H26BrN3O6/c1-4-34-24-13-19(15-28-27-14-18-7-10-22(32-2)23(12-18)33-3)11-21(26)25(24)35-16-17-5-8-20(9-6-17)29(30)31/h5-13,15,27H,4,14,16H2,1-3H3/b28-15-. The molecule has 10 heteroatoms. The van der Waals surface area contributed by atoms with Crippen LogP contribution in [-0.4, -0.2) is 32.0 Å². The summed E-state index contributed by atoms with van der Waals surface area (Å²) in [4.78, 5) is 10.4. The maximum absolute atomic E-state index is 10.8. The number of ether oxygens (including phenoxy) is 4. The highest BCUT2D eigenvalue weighted by atomic mass is 79.9. The normalized spacial score (nSPS) is 10.7. The van der Waals surface area contributed by atoms with Crippen LogP contribution in [0.5, 0.6) is 23.0 Å². The maximum atomic E-state index is 10.8. The van der Waals surface area contributed by atoms with Gasteiger partial charge in [0.05, 0.1) is 43.0 Å². The number of hydrazone groups is 1. The molecule has 0 heterocycles. The van der Waals surface area contributed by atoms with Crippen molar-refractivity contribution in [3.05, 3.63) is 85.9 Å². The number of nitrogens with one attached hydrogen (secondary N) is 1. The van der Waals surface area contributed by atoms with Crippen LogP contribution in [0.2, 0.25) is 0 Å². The average molecular weight is 544 g/mol. The Morgan fingerprint density at radius 1 is 0.971 bits per heavy atom. The smallest absolute Gasteiger partial charge is 0.269 e. The summed E-state index contributed by atoms with van der Waals surface area (Å²) in [6.07, 6.45) is 1.69. The molecule has 0 saturated carbocycles. The summed E-state index contributed by atoms with van der Waals surface area (Å²) in [7, 11) is 3.20. The van der Waals surface area contributed by atoms with Gasteiger partial charge in [-0.3, -0.25) is 10.1 Å². The van der Waals surface area contributed by atoms with Crippen LogP contribution in [-0.2, 0) is 13.2 Å². The summed E-state index contributed by atoms with van der Waals surface area (Å²) in [6, 6.07) is 15.6. The van der Waals surface area contributed by atoms with Gasteiger partial charge in [-0.2, -0.15) is 5.10 Å². The number of hydrogen-bond acceptors (Lipinski definition) is 8. The first-order chi connectivity index (χ1) is 16.9. The van der Waals surface area contributed by atoms with Crippen molar-refractivity contribution in [2.24, 2.45) is 5.10 Å². The van der Waals surface area contributed by atoms with Gasteiger partial charge in [0.15, 0.2) is 23.0 Å². The molecule has 0 unspecified atom stereocenters. The van der Waals surface area contributed by atoms with Crippen molar-refractivity contribution >= 4 is 27.8 Å². The largest absolute Gasteiger partial charge is 0.493 e. The van der Waals surface area contributed by atoms with Gasteiger partial charge in [-0.05, 0) is 75.9 Å². The Morgan fingerprint density at radius 3 is 2.34 bits per heavy atom. The van der Waals surface area contributed by atoms with Crippen molar-refractivity contribution in [3.63, 3.8) is 0 Å². The number of nitro groups is 1. The number of nitrogens with zero attached hydrogens (tertiary/aromatic N) is 2. The second-order valence-electron chi connectivity index (χ2n) is 7.26. The summed E-state index contributed by atoms with van der Waals surface area (Å²) >= 11 is 3.55. The number of methoxy groups -OCH3 is 2. The van der Waals surface area contributed by atoms with Crippen LogP contribution in [0.25, 0.3) is 0 Å². The lowest BCUT2D eigenvalue weighted by Gasteiger charge is -2.14. The minimum Gasteiger partial charge on any atom is -0.493 e. The predicted octanol–water partition coefficient (Wildman–Crippen LogP) is 5.48. The molecule has 0 fully saturated rings. The molecular formula is C25H26BrN3O6. The number of non-ortho nitro benzene ring substituents is 1. The molecule has 1 N–H and O–H groups in total. The lowest BCUT2D eigenvalue weighted by atomic mass is 10.2. The highest BCUT2D eigenvalue weighted by molar-refractivity contribution is 9.10. The molecule has 0 aromatic heterocycles. The van der Waals surface area contributed by atoms with E-state index in [2.05, 4.69) is 26.5 Å². The van der Waals surface area contributed by atoms with Gasteiger partial charge in [0.2, 0.25) is 0 Å². The third-order valence-electron chi connectivity index (χ3n) is 4.90. The number of hydrogen-bond donors (Lipinski definition) is 1. The van der Waals surface area contributed by atoms with E-state index in [1.807, 2.05) is 37.3 Å². The second kappa shape index (κ2) is 12.6. The van der Waals surface area contributed by atoms with Crippen molar-refractivity contribution in [1.29, 1.82) is 0 Å². The number of benzene rings is 3. The Balaban J connectivity index is 1.66. The van der Waals surface area contributed by atoms with Gasteiger partial charge in [-0.15, -0.1) is 0 Å². The third-order valence-corrected chi connectivity index (χ3v) is 5.49. The van der Waals surface area contributed by atoms with E-state index in [1.165, 1.54) is 12.1 Å². The SMILES string of the molecule is CCOc1cc(/C=N\NCc2ccc(OC)c(OC)c2)cc(Br)c1OCc1ccc([N+](=O)[O-])cc1. The molecule has 0 saturated heterocycles. The highest BCUT2D eigenvalue weighted by Gasteiger charge is 2.13. The fraction of sp³-hybridized carbons (Fsp3) is 0.240. The minimum atomic E-state index is -0.433. The highest BCUT2D eigenvalue weighted by Crippen LogP contribution is 2.37. The molecular weight excluding hydrogens is 518 g/mol. The van der Waals surface area contributed by atoms with Gasteiger partial charge in [0.25, 0.3) is 5.69 Å². The van der Waals surface area contributed by atoms with Crippen LogP contribution in [0.1, 0.15) is 23.6 Å². The molecule has 3 aromatic carbocycles. The molecule has 0 atom stereocenters. The summed E-state index contributed by atoms with van der Waals surface area (Å²) in [6.45, 7) is 3.09. The lowest BCUT2D eigenvalue weighted by molar-refractivity contribution is -0.384. The predicted molar refractivity (Wildman–Crippen MR) is 137 cm³/mol. The fourth-order valence-electron chi connectivity index (χ4n) is 3.18. The van der Waals surface area contributed by atoms with Gasteiger partial charge in [0.1, 0.15) is 6.61 Å². The molecule has 0 bridgehead atoms. The topological polar surface area (TPSA) is 104 Å². The zero-order chi connectivity index (χ0) is 25.2. The van der Waals surface area contributed by atoms with Crippen molar-refractivity contribution in [2.75, 3.05) is 20.8 Å². The number of halogens is 1.